The van der Waals surface area contributed by atoms with E-state index in [1.807, 2.05) is 24.0 Å². The van der Waals surface area contributed by atoms with E-state index in [-0.39, 0.29) is 12.0 Å². The van der Waals surface area contributed by atoms with E-state index in [1.165, 1.54) is 0 Å². The molecule has 1 aliphatic carbocycles. The standard InChI is InChI=1S/C24H30N2O3/c1-18-5-6-20(15-22(18)28-2)24(10-3-4-11-24)23(27)26-14-9-21(16-26)29-17-19-7-12-25-13-8-19/h5-8,12-13,15,21H,3-4,9-11,14,16-17H2,1-2H3. The Bertz CT molecular complexity index is 846. The molecule has 2 heterocycles. The number of methoxy groups -OCH3 is 1. The summed E-state index contributed by atoms with van der Waals surface area (Å²) in [4.78, 5) is 19.8. The molecule has 4 rings (SSSR count). The molecule has 5 heteroatoms. The lowest BCUT2D eigenvalue weighted by Gasteiger charge is -2.33. The molecule has 2 fully saturated rings. The number of rotatable bonds is 6. The number of ether oxygens (including phenoxy) is 2. The zero-order valence-electron chi connectivity index (χ0n) is 17.4. The first kappa shape index (κ1) is 19.9. The number of aryl methyl sites for hydroxylation is 1. The van der Waals surface area contributed by atoms with E-state index in [4.69, 9.17) is 9.47 Å². The average molecular weight is 395 g/mol. The van der Waals surface area contributed by atoms with Crippen LogP contribution in [0.5, 0.6) is 5.75 Å². The molecule has 2 aromatic rings. The van der Waals surface area contributed by atoms with Crippen molar-refractivity contribution in [3.63, 3.8) is 0 Å². The Morgan fingerprint density at radius 3 is 2.69 bits per heavy atom. The Balaban J connectivity index is 1.47. The first-order valence-electron chi connectivity index (χ1n) is 10.6. The van der Waals surface area contributed by atoms with Crippen molar-refractivity contribution < 1.29 is 14.3 Å². The van der Waals surface area contributed by atoms with E-state index in [0.717, 1.165) is 61.1 Å². The van der Waals surface area contributed by atoms with Gasteiger partial charge >= 0.3 is 0 Å². The summed E-state index contributed by atoms with van der Waals surface area (Å²) in [7, 11) is 1.69. The van der Waals surface area contributed by atoms with Gasteiger partial charge < -0.3 is 14.4 Å². The van der Waals surface area contributed by atoms with Crippen molar-refractivity contribution in [1.82, 2.24) is 9.88 Å². The highest BCUT2D eigenvalue weighted by Crippen LogP contribution is 2.44. The fourth-order valence-electron chi connectivity index (χ4n) is 4.77. The normalized spacial score (nSPS) is 20.8. The smallest absolute Gasteiger partial charge is 0.233 e. The quantitative estimate of drug-likeness (QED) is 0.742. The fraction of sp³-hybridized carbons (Fsp3) is 0.500. The number of hydrogen-bond acceptors (Lipinski definition) is 4. The molecule has 1 saturated carbocycles. The Labute approximate surface area is 173 Å². The van der Waals surface area contributed by atoms with Gasteiger partial charge in [0.1, 0.15) is 5.75 Å². The van der Waals surface area contributed by atoms with Crippen molar-refractivity contribution in [2.24, 2.45) is 0 Å². The summed E-state index contributed by atoms with van der Waals surface area (Å²) in [6.45, 7) is 4.05. The van der Waals surface area contributed by atoms with Crippen LogP contribution in [0.2, 0.25) is 0 Å². The lowest BCUT2D eigenvalue weighted by Crippen LogP contribution is -2.45. The molecular weight excluding hydrogens is 364 g/mol. The SMILES string of the molecule is COc1cc(C2(C(=O)N3CCC(OCc4ccncc4)C3)CCCC2)ccc1C. The maximum absolute atomic E-state index is 13.7. The van der Waals surface area contributed by atoms with Crippen molar-refractivity contribution in [1.29, 1.82) is 0 Å². The van der Waals surface area contributed by atoms with Gasteiger partial charge in [0.15, 0.2) is 0 Å². The molecule has 0 N–H and O–H groups in total. The Morgan fingerprint density at radius 1 is 1.21 bits per heavy atom. The van der Waals surface area contributed by atoms with Crippen LogP contribution in [0, 0.1) is 6.92 Å². The van der Waals surface area contributed by atoms with Gasteiger partial charge in [-0.3, -0.25) is 9.78 Å². The van der Waals surface area contributed by atoms with Gasteiger partial charge in [-0.1, -0.05) is 25.0 Å². The summed E-state index contributed by atoms with van der Waals surface area (Å²) in [5.74, 6) is 1.12. The number of carbonyl (C=O) groups excluding carboxylic acids is 1. The molecule has 0 spiro atoms. The summed E-state index contributed by atoms with van der Waals surface area (Å²) in [5, 5.41) is 0. The van der Waals surface area contributed by atoms with Crippen LogP contribution in [0.3, 0.4) is 0 Å². The largest absolute Gasteiger partial charge is 0.496 e. The van der Waals surface area contributed by atoms with Gasteiger partial charge in [-0.25, -0.2) is 0 Å². The molecule has 0 radical (unpaired) electrons. The molecule has 1 aromatic carbocycles. The van der Waals surface area contributed by atoms with E-state index >= 15 is 0 Å². The third-order valence-corrected chi connectivity index (χ3v) is 6.49. The number of likely N-dealkylation sites (tertiary alicyclic amines) is 1. The van der Waals surface area contributed by atoms with Crippen molar-refractivity contribution in [3.8, 4) is 5.75 Å². The van der Waals surface area contributed by atoms with Crippen LogP contribution in [-0.4, -0.2) is 42.1 Å². The molecule has 1 amide bonds. The third kappa shape index (κ3) is 4.01. The minimum absolute atomic E-state index is 0.0955. The van der Waals surface area contributed by atoms with Crippen molar-refractivity contribution >= 4 is 5.91 Å². The lowest BCUT2D eigenvalue weighted by atomic mass is 9.77. The summed E-state index contributed by atoms with van der Waals surface area (Å²) in [5.41, 5.74) is 2.90. The van der Waals surface area contributed by atoms with Crippen LogP contribution in [0.1, 0.15) is 48.8 Å². The Morgan fingerprint density at radius 2 is 1.97 bits per heavy atom. The Kier molecular flexibility index (Phi) is 5.86. The highest BCUT2D eigenvalue weighted by atomic mass is 16.5. The number of hydrogen-bond donors (Lipinski definition) is 0. The van der Waals surface area contributed by atoms with E-state index in [1.54, 1.807) is 19.5 Å². The van der Waals surface area contributed by atoms with E-state index in [9.17, 15) is 4.79 Å². The number of carbonyl (C=O) groups is 1. The number of aromatic nitrogens is 1. The summed E-state index contributed by atoms with van der Waals surface area (Å²) in [6, 6.07) is 10.2. The molecule has 0 bridgehead atoms. The molecule has 154 valence electrons. The van der Waals surface area contributed by atoms with E-state index < -0.39 is 5.41 Å². The number of nitrogens with zero attached hydrogens (tertiary/aromatic N) is 2. The van der Waals surface area contributed by atoms with Crippen LogP contribution < -0.4 is 4.74 Å². The van der Waals surface area contributed by atoms with Gasteiger partial charge in [-0.2, -0.15) is 0 Å². The molecule has 1 saturated heterocycles. The zero-order chi connectivity index (χ0) is 20.3. The van der Waals surface area contributed by atoms with Gasteiger partial charge in [0.05, 0.1) is 25.2 Å². The van der Waals surface area contributed by atoms with Crippen molar-refractivity contribution in [3.05, 3.63) is 59.4 Å². The monoisotopic (exact) mass is 394 g/mol. The highest BCUT2D eigenvalue weighted by molar-refractivity contribution is 5.89. The molecule has 5 nitrogen and oxygen atoms in total. The van der Waals surface area contributed by atoms with Crippen LogP contribution >= 0.6 is 0 Å². The minimum Gasteiger partial charge on any atom is -0.496 e. The molecular formula is C24H30N2O3. The van der Waals surface area contributed by atoms with Gasteiger partial charge in [0, 0.05) is 25.5 Å². The van der Waals surface area contributed by atoms with Crippen molar-refractivity contribution in [2.75, 3.05) is 20.2 Å². The fourth-order valence-corrected chi connectivity index (χ4v) is 4.77. The first-order chi connectivity index (χ1) is 14.1. The van der Waals surface area contributed by atoms with Crippen LogP contribution in [-0.2, 0) is 21.6 Å². The van der Waals surface area contributed by atoms with Crippen LogP contribution in [0.15, 0.2) is 42.7 Å². The average Bonchev–Trinajstić information content (AvgIpc) is 3.43. The maximum Gasteiger partial charge on any atom is 0.233 e. The lowest BCUT2D eigenvalue weighted by molar-refractivity contribution is -0.136. The second-order valence-electron chi connectivity index (χ2n) is 8.30. The van der Waals surface area contributed by atoms with Gasteiger partial charge in [-0.05, 0) is 61.1 Å². The second-order valence-corrected chi connectivity index (χ2v) is 8.30. The molecule has 1 atom stereocenters. The maximum atomic E-state index is 13.7. The van der Waals surface area contributed by atoms with Crippen LogP contribution in [0.25, 0.3) is 0 Å². The number of benzene rings is 1. The van der Waals surface area contributed by atoms with Gasteiger partial charge in [0.25, 0.3) is 0 Å². The highest BCUT2D eigenvalue weighted by Gasteiger charge is 2.46. The second kappa shape index (κ2) is 8.54. The number of amides is 1. The molecule has 1 aromatic heterocycles. The molecule has 1 aliphatic heterocycles. The summed E-state index contributed by atoms with van der Waals surface area (Å²) >= 11 is 0. The minimum atomic E-state index is -0.416. The molecule has 2 aliphatic rings. The van der Waals surface area contributed by atoms with Gasteiger partial charge in [0.2, 0.25) is 5.91 Å². The van der Waals surface area contributed by atoms with E-state index in [2.05, 4.69) is 23.2 Å². The Hall–Kier alpha value is -2.40. The first-order valence-corrected chi connectivity index (χ1v) is 10.6. The third-order valence-electron chi connectivity index (χ3n) is 6.49. The predicted molar refractivity (Wildman–Crippen MR) is 112 cm³/mol. The summed E-state index contributed by atoms with van der Waals surface area (Å²) in [6.07, 6.45) is 8.57. The van der Waals surface area contributed by atoms with E-state index in [0.29, 0.717) is 13.2 Å². The summed E-state index contributed by atoms with van der Waals surface area (Å²) < 4.78 is 11.6. The number of pyridine rings is 1. The van der Waals surface area contributed by atoms with Crippen molar-refractivity contribution in [2.45, 2.75) is 57.2 Å². The zero-order valence-corrected chi connectivity index (χ0v) is 17.4. The van der Waals surface area contributed by atoms with Crippen LogP contribution in [0.4, 0.5) is 0 Å². The molecule has 29 heavy (non-hydrogen) atoms. The predicted octanol–water partition coefficient (Wildman–Crippen LogP) is 4.03. The molecule has 1 unspecified atom stereocenters. The van der Waals surface area contributed by atoms with Gasteiger partial charge in [-0.15, -0.1) is 0 Å². The topological polar surface area (TPSA) is 51.7 Å².